The first kappa shape index (κ1) is 35.1. The molecule has 0 aromatic heterocycles. The molecule has 6 nitrogen and oxygen atoms in total. The summed E-state index contributed by atoms with van der Waals surface area (Å²) in [7, 11) is 0. The highest BCUT2D eigenvalue weighted by Crippen LogP contribution is 2.66. The topological polar surface area (TPSA) is 112 Å². The van der Waals surface area contributed by atoms with Crippen molar-refractivity contribution in [1.29, 1.82) is 0 Å². The number of ketones is 3. The Balaban J connectivity index is 2.46. The van der Waals surface area contributed by atoms with E-state index >= 15 is 4.79 Å². The van der Waals surface area contributed by atoms with Crippen molar-refractivity contribution in [1.82, 2.24) is 0 Å². The van der Waals surface area contributed by atoms with Crippen LogP contribution in [0.2, 0.25) is 0 Å². The minimum Gasteiger partial charge on any atom is -0.506 e. The molecule has 1 aromatic rings. The van der Waals surface area contributed by atoms with Gasteiger partial charge < -0.3 is 15.3 Å². The van der Waals surface area contributed by atoms with Gasteiger partial charge >= 0.3 is 0 Å². The van der Waals surface area contributed by atoms with E-state index in [2.05, 4.69) is 26.0 Å². The highest BCUT2D eigenvalue weighted by Gasteiger charge is 2.74. The lowest BCUT2D eigenvalue weighted by Gasteiger charge is -2.61. The highest BCUT2D eigenvalue weighted by molar-refractivity contribution is 6.41. The summed E-state index contributed by atoms with van der Waals surface area (Å²) in [5, 5.41) is 31.8. The molecule has 2 saturated carbocycles. The standard InChI is InChI=1S/C38H52O6/c1-22(2)11-13-27(25(7)8)20-37-21-28(15-12-23(3)4)36(9,10)38(35(37)44,18-17-24(5)6)34(43)31(33(37)42)32(41)26-14-16-29(39)30(40)19-26/h11-12,14,16-17,19,25,27-28,39-41H,13,15,18,20-21H2,1-10H3/t27?,28?,37-,38+/m1/s1. The molecule has 2 bridgehead atoms. The summed E-state index contributed by atoms with van der Waals surface area (Å²) >= 11 is 0. The molecule has 0 heterocycles. The number of carbonyl (C=O) groups excluding carboxylic acids is 3. The number of allylic oxidation sites excluding steroid dienone is 7. The van der Waals surface area contributed by atoms with Crippen molar-refractivity contribution in [2.24, 2.45) is 34.0 Å². The number of Topliss-reactive ketones (excluding diaryl/α,β-unsaturated/α-hetero) is 3. The molecule has 240 valence electrons. The third kappa shape index (κ3) is 6.09. The maximum absolute atomic E-state index is 15.2. The van der Waals surface area contributed by atoms with Crippen LogP contribution in [0.1, 0.15) is 107 Å². The second-order valence-corrected chi connectivity index (χ2v) is 14.8. The molecule has 0 amide bonds. The van der Waals surface area contributed by atoms with Gasteiger partial charge in [0, 0.05) is 5.56 Å². The summed E-state index contributed by atoms with van der Waals surface area (Å²) in [6, 6.07) is 3.69. The first-order chi connectivity index (χ1) is 20.3. The smallest absolute Gasteiger partial charge is 0.184 e. The first-order valence-electron chi connectivity index (χ1n) is 15.8. The fourth-order valence-corrected chi connectivity index (χ4v) is 7.25. The number of aromatic hydroxyl groups is 2. The van der Waals surface area contributed by atoms with Crippen LogP contribution in [0.5, 0.6) is 11.5 Å². The molecule has 44 heavy (non-hydrogen) atoms. The molecule has 6 heteroatoms. The molecule has 0 saturated heterocycles. The number of benzene rings is 1. The Morgan fingerprint density at radius 1 is 0.886 bits per heavy atom. The highest BCUT2D eigenvalue weighted by atomic mass is 16.3. The normalized spacial score (nSPS) is 26.2. The third-order valence-corrected chi connectivity index (χ3v) is 10.3. The van der Waals surface area contributed by atoms with Crippen LogP contribution in [-0.4, -0.2) is 32.7 Å². The van der Waals surface area contributed by atoms with E-state index in [0.29, 0.717) is 12.8 Å². The summed E-state index contributed by atoms with van der Waals surface area (Å²) < 4.78 is 0. The van der Waals surface area contributed by atoms with E-state index in [1.165, 1.54) is 12.1 Å². The summed E-state index contributed by atoms with van der Waals surface area (Å²) in [5.74, 6) is -3.08. The van der Waals surface area contributed by atoms with E-state index in [4.69, 9.17) is 0 Å². The molecule has 0 radical (unpaired) electrons. The minimum atomic E-state index is -1.59. The van der Waals surface area contributed by atoms with Gasteiger partial charge in [-0.15, -0.1) is 0 Å². The minimum absolute atomic E-state index is 0.0152. The molecular weight excluding hydrogens is 552 g/mol. The Morgan fingerprint density at radius 2 is 1.48 bits per heavy atom. The molecule has 4 atom stereocenters. The van der Waals surface area contributed by atoms with Crippen LogP contribution in [0.4, 0.5) is 0 Å². The van der Waals surface area contributed by atoms with Crippen LogP contribution in [0.25, 0.3) is 5.76 Å². The number of aliphatic hydroxyl groups excluding tert-OH is 1. The van der Waals surface area contributed by atoms with Gasteiger partial charge in [0.25, 0.3) is 0 Å². The fourth-order valence-electron chi connectivity index (χ4n) is 7.25. The van der Waals surface area contributed by atoms with E-state index in [1.54, 1.807) is 0 Å². The van der Waals surface area contributed by atoms with Crippen LogP contribution < -0.4 is 0 Å². The predicted octanol–water partition coefficient (Wildman–Crippen LogP) is 8.84. The zero-order valence-electron chi connectivity index (χ0n) is 28.3. The zero-order valence-corrected chi connectivity index (χ0v) is 28.3. The lowest BCUT2D eigenvalue weighted by atomic mass is 9.38. The number of aliphatic hydroxyl groups is 1. The first-order valence-corrected chi connectivity index (χ1v) is 15.8. The second kappa shape index (κ2) is 12.9. The van der Waals surface area contributed by atoms with Gasteiger partial charge in [0.15, 0.2) is 28.8 Å². The molecule has 3 N–H and O–H groups in total. The van der Waals surface area contributed by atoms with Crippen molar-refractivity contribution in [2.45, 2.75) is 101 Å². The zero-order chi connectivity index (χ0) is 33.4. The van der Waals surface area contributed by atoms with Crippen molar-refractivity contribution in [3.05, 3.63) is 64.3 Å². The van der Waals surface area contributed by atoms with E-state index in [9.17, 15) is 24.9 Å². The molecule has 2 aliphatic carbocycles. The Labute approximate surface area is 263 Å². The van der Waals surface area contributed by atoms with E-state index < -0.39 is 45.1 Å². The van der Waals surface area contributed by atoms with Crippen molar-refractivity contribution in [3.63, 3.8) is 0 Å². The molecular formula is C38H52O6. The van der Waals surface area contributed by atoms with Gasteiger partial charge in [-0.05, 0) is 115 Å². The van der Waals surface area contributed by atoms with Gasteiger partial charge in [-0.1, -0.05) is 62.6 Å². The van der Waals surface area contributed by atoms with Crippen LogP contribution in [-0.2, 0) is 14.4 Å². The number of hydrogen-bond acceptors (Lipinski definition) is 6. The van der Waals surface area contributed by atoms with Crippen molar-refractivity contribution >= 4 is 23.1 Å². The SMILES string of the molecule is CC(C)=CCC(C[C@@]12CC(CC=C(C)C)C(C)(C)[C@@](CC=C(C)C)(C(=O)C(=C(O)c3ccc(O)c(O)c3)C1=O)C2=O)C(C)C. The Hall–Kier alpha value is -3.41. The maximum atomic E-state index is 15.2. The summed E-state index contributed by atoms with van der Waals surface area (Å²) in [6.07, 6.45) is 8.17. The number of hydrogen-bond donors (Lipinski definition) is 3. The average Bonchev–Trinajstić information content (AvgIpc) is 2.91. The molecule has 0 aliphatic heterocycles. The largest absolute Gasteiger partial charge is 0.506 e. The molecule has 2 aliphatic rings. The maximum Gasteiger partial charge on any atom is 0.184 e. The van der Waals surface area contributed by atoms with Crippen molar-refractivity contribution < 1.29 is 29.7 Å². The van der Waals surface area contributed by atoms with Gasteiger partial charge in [-0.3, -0.25) is 14.4 Å². The fraction of sp³-hybridized carbons (Fsp3) is 0.553. The van der Waals surface area contributed by atoms with Crippen LogP contribution in [0, 0.1) is 34.0 Å². The Morgan fingerprint density at radius 3 is 2.00 bits per heavy atom. The van der Waals surface area contributed by atoms with Crippen LogP contribution in [0.3, 0.4) is 0 Å². The summed E-state index contributed by atoms with van der Waals surface area (Å²) in [5.41, 5.74) is -1.06. The number of carbonyl (C=O) groups is 3. The molecule has 1 aromatic carbocycles. The average molecular weight is 605 g/mol. The van der Waals surface area contributed by atoms with Gasteiger partial charge in [-0.25, -0.2) is 0 Å². The molecule has 0 spiro atoms. The Bertz CT molecular complexity index is 1440. The van der Waals surface area contributed by atoms with Crippen molar-refractivity contribution in [3.8, 4) is 11.5 Å². The summed E-state index contributed by atoms with van der Waals surface area (Å²) in [6.45, 7) is 20.1. The van der Waals surface area contributed by atoms with Crippen LogP contribution in [0.15, 0.2) is 58.7 Å². The van der Waals surface area contributed by atoms with E-state index in [1.807, 2.05) is 61.5 Å². The van der Waals surface area contributed by atoms with Gasteiger partial charge in [0.2, 0.25) is 0 Å². The lowest BCUT2D eigenvalue weighted by Crippen LogP contribution is -2.70. The summed E-state index contributed by atoms with van der Waals surface area (Å²) in [4.78, 5) is 45.0. The number of phenolic OH excluding ortho intramolecular Hbond substituents is 2. The van der Waals surface area contributed by atoms with Crippen molar-refractivity contribution in [2.75, 3.05) is 0 Å². The molecule has 2 fully saturated rings. The van der Waals surface area contributed by atoms with E-state index in [0.717, 1.165) is 22.8 Å². The van der Waals surface area contributed by atoms with Gasteiger partial charge in [0.1, 0.15) is 16.7 Å². The Kier molecular flexibility index (Phi) is 10.3. The monoisotopic (exact) mass is 604 g/mol. The molecule has 2 unspecified atom stereocenters. The number of fused-ring (bicyclic) bond motifs is 2. The number of phenols is 2. The van der Waals surface area contributed by atoms with Crippen LogP contribution >= 0.6 is 0 Å². The second-order valence-electron chi connectivity index (χ2n) is 14.8. The number of rotatable bonds is 10. The third-order valence-electron chi connectivity index (χ3n) is 10.3. The molecule has 3 rings (SSSR count). The van der Waals surface area contributed by atoms with E-state index in [-0.39, 0.29) is 53.9 Å². The quantitative estimate of drug-likeness (QED) is 0.0614. The lowest BCUT2D eigenvalue weighted by molar-refractivity contribution is -0.177. The van der Waals surface area contributed by atoms with Gasteiger partial charge in [0.05, 0.1) is 5.41 Å². The van der Waals surface area contributed by atoms with Gasteiger partial charge in [-0.2, -0.15) is 0 Å². The predicted molar refractivity (Wildman–Crippen MR) is 176 cm³/mol.